The van der Waals surface area contributed by atoms with Gasteiger partial charge in [-0.2, -0.15) is 0 Å². The molecule has 0 unspecified atom stereocenters. The number of benzene rings is 3. The Morgan fingerprint density at radius 1 is 0.902 bits per heavy atom. The summed E-state index contributed by atoms with van der Waals surface area (Å²) < 4.78 is 26.2. The SMILES string of the molecule is CN1CCN(c2cc(NC3CCN(Cc4ccccc4)CC3)c(S(C)(=O)=O)cc2C(=O)N(C)c2ccccc2)CC1. The predicted molar refractivity (Wildman–Crippen MR) is 167 cm³/mol. The minimum atomic E-state index is -3.61. The molecule has 0 atom stereocenters. The number of piperazine rings is 1. The number of amides is 1. The lowest BCUT2D eigenvalue weighted by Gasteiger charge is -2.36. The highest BCUT2D eigenvalue weighted by Crippen LogP contribution is 2.35. The fourth-order valence-corrected chi connectivity index (χ4v) is 6.56. The molecule has 9 heteroatoms. The van der Waals surface area contributed by atoms with E-state index in [0.29, 0.717) is 11.3 Å². The van der Waals surface area contributed by atoms with Gasteiger partial charge in [0.2, 0.25) is 0 Å². The molecule has 0 spiro atoms. The van der Waals surface area contributed by atoms with Crippen molar-refractivity contribution in [3.63, 3.8) is 0 Å². The quantitative estimate of drug-likeness (QED) is 0.432. The molecule has 3 aromatic rings. The van der Waals surface area contributed by atoms with Crippen molar-refractivity contribution in [2.24, 2.45) is 0 Å². The summed E-state index contributed by atoms with van der Waals surface area (Å²) in [5.41, 5.74) is 3.83. The zero-order valence-corrected chi connectivity index (χ0v) is 25.1. The third kappa shape index (κ3) is 7.09. The fourth-order valence-electron chi connectivity index (χ4n) is 5.71. The summed E-state index contributed by atoms with van der Waals surface area (Å²) in [6, 6.07) is 23.6. The first-order valence-electron chi connectivity index (χ1n) is 14.4. The molecular formula is C32H41N5O3S. The van der Waals surface area contributed by atoms with Crippen LogP contribution in [0, 0.1) is 0 Å². The van der Waals surface area contributed by atoms with Crippen LogP contribution in [0.1, 0.15) is 28.8 Å². The van der Waals surface area contributed by atoms with Crippen molar-refractivity contribution in [1.29, 1.82) is 0 Å². The predicted octanol–water partition coefficient (Wildman–Crippen LogP) is 4.20. The Balaban J connectivity index is 1.43. The van der Waals surface area contributed by atoms with Gasteiger partial charge in [-0.3, -0.25) is 9.69 Å². The zero-order chi connectivity index (χ0) is 29.0. The molecule has 3 aromatic carbocycles. The Bertz CT molecular complexity index is 1430. The molecule has 2 aliphatic heterocycles. The maximum Gasteiger partial charge on any atom is 0.260 e. The minimum Gasteiger partial charge on any atom is -0.381 e. The van der Waals surface area contributed by atoms with Gasteiger partial charge in [-0.25, -0.2) is 8.42 Å². The van der Waals surface area contributed by atoms with Crippen molar-refractivity contribution in [3.05, 3.63) is 83.9 Å². The van der Waals surface area contributed by atoms with Crippen LogP contribution in [0.25, 0.3) is 0 Å². The Morgan fingerprint density at radius 2 is 1.51 bits per heavy atom. The monoisotopic (exact) mass is 575 g/mol. The number of para-hydroxylation sites is 1. The summed E-state index contributed by atoms with van der Waals surface area (Å²) in [5, 5.41) is 3.59. The Hall–Kier alpha value is -3.40. The van der Waals surface area contributed by atoms with E-state index in [1.807, 2.05) is 42.5 Å². The van der Waals surface area contributed by atoms with Gasteiger partial charge >= 0.3 is 0 Å². The fraction of sp³-hybridized carbons (Fsp3) is 0.406. The van der Waals surface area contributed by atoms with Crippen LogP contribution in [0.4, 0.5) is 17.1 Å². The Morgan fingerprint density at radius 3 is 2.12 bits per heavy atom. The summed E-state index contributed by atoms with van der Waals surface area (Å²) in [7, 11) is 0.222. The van der Waals surface area contributed by atoms with Crippen LogP contribution in [0.3, 0.4) is 0 Å². The first-order valence-corrected chi connectivity index (χ1v) is 16.3. The van der Waals surface area contributed by atoms with E-state index in [1.54, 1.807) is 18.0 Å². The van der Waals surface area contributed by atoms with Gasteiger partial charge in [0.25, 0.3) is 5.91 Å². The lowest BCUT2D eigenvalue weighted by atomic mass is 10.0. The van der Waals surface area contributed by atoms with Crippen molar-refractivity contribution in [2.75, 3.05) is 74.7 Å². The van der Waals surface area contributed by atoms with Crippen LogP contribution in [-0.4, -0.2) is 89.8 Å². The second-order valence-electron chi connectivity index (χ2n) is 11.3. The molecule has 8 nitrogen and oxygen atoms in total. The van der Waals surface area contributed by atoms with E-state index in [2.05, 4.69) is 51.3 Å². The largest absolute Gasteiger partial charge is 0.381 e. The van der Waals surface area contributed by atoms with Crippen LogP contribution in [0.15, 0.2) is 77.7 Å². The van der Waals surface area contributed by atoms with Crippen molar-refractivity contribution in [2.45, 2.75) is 30.3 Å². The van der Waals surface area contributed by atoms with E-state index in [4.69, 9.17) is 0 Å². The normalized spacial score (nSPS) is 17.4. The highest BCUT2D eigenvalue weighted by molar-refractivity contribution is 7.90. The Labute approximate surface area is 244 Å². The smallest absolute Gasteiger partial charge is 0.260 e. The maximum atomic E-state index is 13.9. The van der Waals surface area contributed by atoms with E-state index in [-0.39, 0.29) is 16.8 Å². The Kier molecular flexibility index (Phi) is 8.97. The van der Waals surface area contributed by atoms with Crippen LogP contribution < -0.4 is 15.1 Å². The molecule has 0 saturated carbocycles. The number of nitrogens with zero attached hydrogens (tertiary/aromatic N) is 4. The average Bonchev–Trinajstić information content (AvgIpc) is 2.98. The molecule has 0 radical (unpaired) electrons. The standard InChI is InChI=1S/C32H41N5O3S/c1-34-18-20-37(21-19-34)30-23-29(33-26-14-16-36(17-15-26)24-25-10-6-4-7-11-25)31(41(3,39)40)22-28(30)32(38)35(2)27-12-8-5-9-13-27/h4-13,22-23,26,33H,14-21,24H2,1-3H3. The van der Waals surface area contributed by atoms with Gasteiger partial charge in [-0.05, 0) is 49.7 Å². The molecule has 0 bridgehead atoms. The number of nitrogens with one attached hydrogen (secondary N) is 1. The van der Waals surface area contributed by atoms with Gasteiger partial charge in [-0.1, -0.05) is 48.5 Å². The number of hydrogen-bond acceptors (Lipinski definition) is 7. The van der Waals surface area contributed by atoms with Crippen molar-refractivity contribution < 1.29 is 13.2 Å². The molecule has 2 aliphatic rings. The van der Waals surface area contributed by atoms with Crippen LogP contribution in [0.2, 0.25) is 0 Å². The number of carbonyl (C=O) groups excluding carboxylic acids is 1. The minimum absolute atomic E-state index is 0.149. The van der Waals surface area contributed by atoms with Crippen molar-refractivity contribution >= 4 is 32.8 Å². The topological polar surface area (TPSA) is 76.2 Å². The van der Waals surface area contributed by atoms with Gasteiger partial charge < -0.3 is 20.0 Å². The lowest BCUT2D eigenvalue weighted by molar-refractivity contribution is 0.0993. The molecule has 218 valence electrons. The second-order valence-corrected chi connectivity index (χ2v) is 13.3. The van der Waals surface area contributed by atoms with Gasteiger partial charge in [0.1, 0.15) is 0 Å². The van der Waals surface area contributed by atoms with Crippen LogP contribution in [0.5, 0.6) is 0 Å². The summed E-state index contributed by atoms with van der Waals surface area (Å²) in [4.78, 5) is 22.6. The molecule has 0 aliphatic carbocycles. The molecular weight excluding hydrogens is 534 g/mol. The van der Waals surface area contributed by atoms with Crippen LogP contribution >= 0.6 is 0 Å². The molecule has 0 aromatic heterocycles. The van der Waals surface area contributed by atoms with E-state index < -0.39 is 9.84 Å². The summed E-state index contributed by atoms with van der Waals surface area (Å²) in [5.74, 6) is -0.226. The maximum absolute atomic E-state index is 13.9. The molecule has 5 rings (SSSR count). The summed E-state index contributed by atoms with van der Waals surface area (Å²) in [6.45, 7) is 6.07. The molecule has 2 fully saturated rings. The van der Waals surface area contributed by atoms with Gasteiger partial charge in [0, 0.05) is 70.8 Å². The molecule has 41 heavy (non-hydrogen) atoms. The third-order valence-electron chi connectivity index (χ3n) is 8.22. The highest BCUT2D eigenvalue weighted by atomic mass is 32.2. The molecule has 2 saturated heterocycles. The van der Waals surface area contributed by atoms with Gasteiger partial charge in [0.05, 0.1) is 21.8 Å². The van der Waals surface area contributed by atoms with Crippen molar-refractivity contribution in [1.82, 2.24) is 9.80 Å². The molecule has 1 N–H and O–H groups in total. The lowest BCUT2D eigenvalue weighted by Crippen LogP contribution is -2.45. The number of likely N-dealkylation sites (tertiary alicyclic amines) is 1. The van der Waals surface area contributed by atoms with E-state index in [0.717, 1.165) is 70.0 Å². The second kappa shape index (κ2) is 12.6. The summed E-state index contributed by atoms with van der Waals surface area (Å²) >= 11 is 0. The number of rotatable bonds is 8. The van der Waals surface area contributed by atoms with E-state index in [9.17, 15) is 13.2 Å². The van der Waals surface area contributed by atoms with Crippen LogP contribution in [-0.2, 0) is 16.4 Å². The zero-order valence-electron chi connectivity index (χ0n) is 24.3. The number of likely N-dealkylation sites (N-methyl/N-ethyl adjacent to an activating group) is 1. The number of anilines is 3. The number of carbonyl (C=O) groups is 1. The van der Waals surface area contributed by atoms with Gasteiger partial charge in [0.15, 0.2) is 9.84 Å². The van der Waals surface area contributed by atoms with E-state index >= 15 is 0 Å². The molecule has 1 amide bonds. The molecule has 2 heterocycles. The van der Waals surface area contributed by atoms with Crippen molar-refractivity contribution in [3.8, 4) is 0 Å². The van der Waals surface area contributed by atoms with E-state index in [1.165, 1.54) is 11.8 Å². The number of hydrogen-bond donors (Lipinski definition) is 1. The van der Waals surface area contributed by atoms with Gasteiger partial charge in [-0.15, -0.1) is 0 Å². The average molecular weight is 576 g/mol. The first-order chi connectivity index (χ1) is 19.7. The summed E-state index contributed by atoms with van der Waals surface area (Å²) in [6.07, 6.45) is 3.05. The number of piperidine rings is 1. The third-order valence-corrected chi connectivity index (χ3v) is 9.35. The highest BCUT2D eigenvalue weighted by Gasteiger charge is 2.29. The first kappa shape index (κ1) is 29.1. The number of sulfone groups is 1.